The lowest BCUT2D eigenvalue weighted by Crippen LogP contribution is -2.11. The topological polar surface area (TPSA) is 134 Å². The highest BCUT2D eigenvalue weighted by molar-refractivity contribution is 7.91. The summed E-state index contributed by atoms with van der Waals surface area (Å²) in [4.78, 5) is 39.8. The van der Waals surface area contributed by atoms with Crippen molar-refractivity contribution in [3.63, 3.8) is 0 Å². The van der Waals surface area contributed by atoms with Gasteiger partial charge in [0.15, 0.2) is 5.75 Å². The fourth-order valence-corrected chi connectivity index (χ4v) is 5.64. The van der Waals surface area contributed by atoms with Crippen molar-refractivity contribution < 1.29 is 37.0 Å². The summed E-state index contributed by atoms with van der Waals surface area (Å²) in [6.07, 6.45) is 2.70. The third-order valence-corrected chi connectivity index (χ3v) is 7.44. The van der Waals surface area contributed by atoms with Crippen LogP contribution in [0.5, 0.6) is 5.75 Å². The van der Waals surface area contributed by atoms with Gasteiger partial charge in [0.25, 0.3) is 0 Å². The Morgan fingerprint density at radius 1 is 0.943 bits per heavy atom. The predicted octanol–water partition coefficient (Wildman–Crippen LogP) is 3.30. The van der Waals surface area contributed by atoms with E-state index in [0.717, 1.165) is 12.5 Å². The molecule has 4 aromatic rings. The molecule has 0 atom stereocenters. The number of benzene rings is 2. The first-order valence-corrected chi connectivity index (χ1v) is 11.8. The molecule has 0 unspecified atom stereocenters. The molecule has 2 aromatic heterocycles. The van der Waals surface area contributed by atoms with Crippen LogP contribution in [0.15, 0.2) is 46.5 Å². The van der Waals surface area contributed by atoms with Gasteiger partial charge < -0.3 is 23.8 Å². The number of aromatic nitrogens is 2. The van der Waals surface area contributed by atoms with Gasteiger partial charge in [-0.1, -0.05) is 17.7 Å². The van der Waals surface area contributed by atoms with E-state index in [1.54, 1.807) is 19.2 Å². The first-order valence-electron chi connectivity index (χ1n) is 10.4. The molecule has 182 valence electrons. The molecule has 0 radical (unpaired) electrons. The van der Waals surface area contributed by atoms with Crippen LogP contribution in [0.3, 0.4) is 0 Å². The van der Waals surface area contributed by atoms with Gasteiger partial charge in [-0.05, 0) is 19.1 Å². The first-order chi connectivity index (χ1) is 16.5. The predicted molar refractivity (Wildman–Crippen MR) is 125 cm³/mol. The Morgan fingerprint density at radius 3 is 2.11 bits per heavy atom. The van der Waals surface area contributed by atoms with Crippen molar-refractivity contribution in [1.29, 1.82) is 0 Å². The molecule has 0 saturated heterocycles. The molecule has 0 bridgehead atoms. The van der Waals surface area contributed by atoms with Gasteiger partial charge >= 0.3 is 17.9 Å². The highest BCUT2D eigenvalue weighted by Crippen LogP contribution is 2.45. The summed E-state index contributed by atoms with van der Waals surface area (Å²) < 4.78 is 44.6. The minimum atomic E-state index is -4.29. The Hall–Kier alpha value is -4.12. The molecule has 0 aliphatic heterocycles. The number of esters is 3. The van der Waals surface area contributed by atoms with Crippen LogP contribution in [-0.2, 0) is 31.2 Å². The third kappa shape index (κ3) is 3.73. The van der Waals surface area contributed by atoms with Crippen molar-refractivity contribution in [2.75, 3.05) is 14.2 Å². The summed E-state index contributed by atoms with van der Waals surface area (Å²) >= 11 is 0. The zero-order valence-electron chi connectivity index (χ0n) is 19.6. The molecule has 0 aliphatic rings. The van der Waals surface area contributed by atoms with Crippen LogP contribution in [-0.4, -0.2) is 50.1 Å². The number of sulfone groups is 1. The summed E-state index contributed by atoms with van der Waals surface area (Å²) in [5.74, 6) is -2.53. The lowest BCUT2D eigenvalue weighted by Gasteiger charge is -2.15. The number of H-pyrrole nitrogens is 1. The molecule has 0 aliphatic carbocycles. The summed E-state index contributed by atoms with van der Waals surface area (Å²) in [5, 5.41) is 0.296. The summed E-state index contributed by atoms with van der Waals surface area (Å²) in [5.41, 5.74) is 0.989. The van der Waals surface area contributed by atoms with Crippen molar-refractivity contribution in [2.24, 2.45) is 7.05 Å². The SMILES string of the molecule is COC(=O)c1c[nH]c2c(S(=O)(=O)c3ccc(C)cc3)c(OC(C)=O)c3c(c(C(=O)OC)cn3C)c12. The number of carbonyl (C=O) groups excluding carboxylic acids is 3. The lowest BCUT2D eigenvalue weighted by atomic mass is 10.0. The van der Waals surface area contributed by atoms with E-state index in [2.05, 4.69) is 4.98 Å². The number of aromatic amines is 1. The van der Waals surface area contributed by atoms with E-state index in [9.17, 15) is 22.8 Å². The maximum Gasteiger partial charge on any atom is 0.340 e. The van der Waals surface area contributed by atoms with Gasteiger partial charge in [-0.3, -0.25) is 4.79 Å². The number of hydrogen-bond acceptors (Lipinski definition) is 8. The molecule has 1 N–H and O–H groups in total. The number of nitrogens with one attached hydrogen (secondary N) is 1. The summed E-state index contributed by atoms with van der Waals surface area (Å²) in [6.45, 7) is 2.95. The molecular weight excluding hydrogens is 476 g/mol. The number of methoxy groups -OCH3 is 2. The average Bonchev–Trinajstić information content (AvgIpc) is 3.39. The number of ether oxygens (including phenoxy) is 3. The Kier molecular flexibility index (Phi) is 5.89. The molecule has 0 saturated carbocycles. The Bertz CT molecular complexity index is 1630. The minimum Gasteiger partial charge on any atom is -0.465 e. The maximum atomic E-state index is 13.9. The van der Waals surface area contributed by atoms with Crippen LogP contribution in [0.2, 0.25) is 0 Å². The van der Waals surface area contributed by atoms with Gasteiger partial charge in [0.1, 0.15) is 4.90 Å². The van der Waals surface area contributed by atoms with Crippen molar-refractivity contribution in [1.82, 2.24) is 9.55 Å². The number of carbonyl (C=O) groups is 3. The maximum absolute atomic E-state index is 13.9. The van der Waals surface area contributed by atoms with E-state index in [0.29, 0.717) is 0 Å². The Morgan fingerprint density at radius 2 is 1.54 bits per heavy atom. The number of nitrogens with zero attached hydrogens (tertiary/aromatic N) is 1. The van der Waals surface area contributed by atoms with E-state index in [-0.39, 0.29) is 48.5 Å². The normalized spacial score (nSPS) is 11.6. The zero-order valence-corrected chi connectivity index (χ0v) is 20.4. The lowest BCUT2D eigenvalue weighted by molar-refractivity contribution is -0.131. The first kappa shape index (κ1) is 24.0. The van der Waals surface area contributed by atoms with Crippen molar-refractivity contribution in [2.45, 2.75) is 23.6 Å². The molecule has 35 heavy (non-hydrogen) atoms. The van der Waals surface area contributed by atoms with E-state index in [1.165, 1.54) is 43.3 Å². The van der Waals surface area contributed by atoms with E-state index in [1.807, 2.05) is 6.92 Å². The van der Waals surface area contributed by atoms with E-state index in [4.69, 9.17) is 14.2 Å². The smallest absolute Gasteiger partial charge is 0.340 e. The van der Waals surface area contributed by atoms with Crippen LogP contribution in [0, 0.1) is 6.92 Å². The highest BCUT2D eigenvalue weighted by atomic mass is 32.2. The molecule has 2 aromatic carbocycles. The van der Waals surface area contributed by atoms with E-state index < -0.39 is 27.7 Å². The average molecular weight is 499 g/mol. The number of hydrogen-bond donors (Lipinski definition) is 1. The molecule has 0 amide bonds. The molecule has 0 spiro atoms. The molecule has 10 nitrogen and oxygen atoms in total. The molecule has 2 heterocycles. The van der Waals surface area contributed by atoms with E-state index >= 15 is 0 Å². The zero-order chi connectivity index (χ0) is 25.7. The highest BCUT2D eigenvalue weighted by Gasteiger charge is 2.35. The van der Waals surface area contributed by atoms with Crippen molar-refractivity contribution >= 4 is 49.6 Å². The number of fused-ring (bicyclic) bond motifs is 3. The van der Waals surface area contributed by atoms with Crippen LogP contribution < -0.4 is 4.74 Å². The second-order valence-electron chi connectivity index (χ2n) is 7.88. The monoisotopic (exact) mass is 498 g/mol. The van der Waals surface area contributed by atoms with Crippen LogP contribution >= 0.6 is 0 Å². The fraction of sp³-hybridized carbons (Fsp3) is 0.208. The number of aryl methyl sites for hydroxylation is 2. The summed E-state index contributed by atoms with van der Waals surface area (Å²) in [7, 11) is -0.360. The Balaban J connectivity index is 2.30. The third-order valence-electron chi connectivity index (χ3n) is 5.62. The van der Waals surface area contributed by atoms with Gasteiger partial charge in [0, 0.05) is 37.1 Å². The van der Waals surface area contributed by atoms with Crippen LogP contribution in [0.25, 0.3) is 21.8 Å². The van der Waals surface area contributed by atoms with Gasteiger partial charge in [0.2, 0.25) is 9.84 Å². The molecule has 0 fully saturated rings. The summed E-state index contributed by atoms with van der Waals surface area (Å²) in [6, 6.07) is 6.15. The molecule has 4 rings (SSSR count). The molecule has 11 heteroatoms. The second-order valence-corrected chi connectivity index (χ2v) is 9.77. The van der Waals surface area contributed by atoms with Crippen LogP contribution in [0.1, 0.15) is 33.2 Å². The molecular formula is C24H22N2O8S. The van der Waals surface area contributed by atoms with Gasteiger partial charge in [-0.25, -0.2) is 18.0 Å². The van der Waals surface area contributed by atoms with Gasteiger partial charge in [-0.2, -0.15) is 0 Å². The quantitative estimate of drug-likeness (QED) is 0.327. The van der Waals surface area contributed by atoms with Gasteiger partial charge in [0.05, 0.1) is 41.3 Å². The van der Waals surface area contributed by atoms with Gasteiger partial charge in [-0.15, -0.1) is 0 Å². The van der Waals surface area contributed by atoms with Crippen molar-refractivity contribution in [3.8, 4) is 5.75 Å². The Labute approximate surface area is 200 Å². The minimum absolute atomic E-state index is 0.00131. The second kappa shape index (κ2) is 8.58. The fourth-order valence-electron chi connectivity index (χ4n) is 4.10. The number of rotatable bonds is 5. The van der Waals surface area contributed by atoms with Crippen molar-refractivity contribution in [3.05, 3.63) is 53.3 Å². The largest absolute Gasteiger partial charge is 0.465 e. The van der Waals surface area contributed by atoms with Crippen LogP contribution in [0.4, 0.5) is 0 Å². The standard InChI is InChI=1S/C24H22N2O8S/c1-12-6-8-14(9-7-12)35(30,31)22-19-17(15(10-25-19)23(28)32-4)18-16(24(29)33-5)11-26(3)20(18)21(22)34-13(2)27/h6-11,25H,1-5H3.